The van der Waals surface area contributed by atoms with Gasteiger partial charge in [0.15, 0.2) is 0 Å². The molecule has 0 aromatic heterocycles. The number of nitrogens with one attached hydrogen (secondary N) is 2. The summed E-state index contributed by atoms with van der Waals surface area (Å²) in [5, 5.41) is 5.89. The highest BCUT2D eigenvalue weighted by molar-refractivity contribution is 5.93. The summed E-state index contributed by atoms with van der Waals surface area (Å²) in [4.78, 5) is 22.5. The number of nitrogens with two attached hydrogens (primary N) is 1. The summed E-state index contributed by atoms with van der Waals surface area (Å²) in [6.07, 6.45) is 0.271. The molecule has 1 rings (SSSR count). The summed E-state index contributed by atoms with van der Waals surface area (Å²) in [6, 6.07) is 6.58. The van der Waals surface area contributed by atoms with Gasteiger partial charge in [-0.05, 0) is 24.7 Å². The molecule has 0 spiro atoms. The first-order valence-corrected chi connectivity index (χ1v) is 6.63. The zero-order valence-corrected chi connectivity index (χ0v) is 11.6. The van der Waals surface area contributed by atoms with E-state index in [1.807, 2.05) is 6.92 Å². The van der Waals surface area contributed by atoms with Crippen molar-refractivity contribution < 1.29 is 14.3 Å². The van der Waals surface area contributed by atoms with Crippen molar-refractivity contribution in [1.82, 2.24) is 10.6 Å². The van der Waals surface area contributed by atoms with Crippen LogP contribution >= 0.6 is 0 Å². The highest BCUT2D eigenvalue weighted by Gasteiger charge is 2.04. The lowest BCUT2D eigenvalue weighted by molar-refractivity contribution is -0.121. The Hall–Kier alpha value is -2.08. The van der Waals surface area contributed by atoms with E-state index in [-0.39, 0.29) is 18.9 Å². The van der Waals surface area contributed by atoms with Gasteiger partial charge in [-0.2, -0.15) is 0 Å². The van der Waals surface area contributed by atoms with Gasteiger partial charge >= 0.3 is 0 Å². The van der Waals surface area contributed by atoms with Gasteiger partial charge in [-0.15, -0.1) is 0 Å². The molecule has 0 aliphatic rings. The van der Waals surface area contributed by atoms with E-state index in [1.165, 1.54) is 0 Å². The van der Waals surface area contributed by atoms with E-state index in [4.69, 9.17) is 10.5 Å². The average molecular weight is 279 g/mol. The Labute approximate surface area is 118 Å². The van der Waals surface area contributed by atoms with Crippen LogP contribution in [0.5, 0.6) is 5.75 Å². The van der Waals surface area contributed by atoms with Crippen molar-refractivity contribution in [3.8, 4) is 5.75 Å². The molecule has 4 N–H and O–H groups in total. The van der Waals surface area contributed by atoms with Crippen LogP contribution in [0.3, 0.4) is 0 Å². The van der Waals surface area contributed by atoms with Gasteiger partial charge in [0.05, 0.1) is 13.0 Å². The van der Waals surface area contributed by atoms with Crippen molar-refractivity contribution in [1.29, 1.82) is 0 Å². The second-order valence-corrected chi connectivity index (χ2v) is 4.19. The Balaban J connectivity index is 2.25. The number of benzene rings is 1. The molecule has 110 valence electrons. The SMILES string of the molecule is CCNCCNC(=O)CCOc1cccc(C(N)=O)c1. The number of carbonyl (C=O) groups is 2. The maximum atomic E-state index is 11.5. The number of carbonyl (C=O) groups excluding carboxylic acids is 2. The predicted octanol–water partition coefficient (Wildman–Crippen LogP) is 0.280. The third-order valence-corrected chi connectivity index (χ3v) is 2.59. The van der Waals surface area contributed by atoms with E-state index in [1.54, 1.807) is 24.3 Å². The van der Waals surface area contributed by atoms with Crippen LogP contribution in [0, 0.1) is 0 Å². The summed E-state index contributed by atoms with van der Waals surface area (Å²) >= 11 is 0. The first kappa shape index (κ1) is 16.0. The molecular weight excluding hydrogens is 258 g/mol. The fourth-order valence-electron chi connectivity index (χ4n) is 1.56. The molecule has 20 heavy (non-hydrogen) atoms. The van der Waals surface area contributed by atoms with Crippen LogP contribution < -0.4 is 21.1 Å². The molecule has 6 nitrogen and oxygen atoms in total. The van der Waals surface area contributed by atoms with Crippen molar-refractivity contribution in [2.75, 3.05) is 26.2 Å². The molecule has 6 heteroatoms. The van der Waals surface area contributed by atoms with Crippen molar-refractivity contribution in [2.24, 2.45) is 5.73 Å². The third-order valence-electron chi connectivity index (χ3n) is 2.59. The first-order valence-electron chi connectivity index (χ1n) is 6.63. The van der Waals surface area contributed by atoms with Gasteiger partial charge < -0.3 is 21.1 Å². The fraction of sp³-hybridized carbons (Fsp3) is 0.429. The number of rotatable bonds is 9. The molecule has 0 saturated carbocycles. The number of ether oxygens (including phenoxy) is 1. The number of hydrogen-bond acceptors (Lipinski definition) is 4. The van der Waals surface area contributed by atoms with Crippen LogP contribution in [0.2, 0.25) is 0 Å². The molecule has 0 aliphatic carbocycles. The maximum absolute atomic E-state index is 11.5. The largest absolute Gasteiger partial charge is 0.493 e. The first-order chi connectivity index (χ1) is 9.63. The molecule has 0 unspecified atom stereocenters. The number of likely N-dealkylation sites (N-methyl/N-ethyl adjacent to an activating group) is 1. The Morgan fingerprint density at radius 1 is 1.30 bits per heavy atom. The van der Waals surface area contributed by atoms with Gasteiger partial charge in [0.1, 0.15) is 5.75 Å². The highest BCUT2D eigenvalue weighted by atomic mass is 16.5. The summed E-state index contributed by atoms with van der Waals surface area (Å²) in [5.74, 6) is -0.0349. The molecule has 0 heterocycles. The van der Waals surface area contributed by atoms with Gasteiger partial charge in [0.25, 0.3) is 0 Å². The fourth-order valence-corrected chi connectivity index (χ4v) is 1.56. The van der Waals surface area contributed by atoms with E-state index in [2.05, 4.69) is 10.6 Å². The van der Waals surface area contributed by atoms with Gasteiger partial charge in [-0.1, -0.05) is 13.0 Å². The Kier molecular flexibility index (Phi) is 7.13. The molecule has 0 radical (unpaired) electrons. The smallest absolute Gasteiger partial charge is 0.248 e. The Morgan fingerprint density at radius 3 is 2.80 bits per heavy atom. The van der Waals surface area contributed by atoms with Gasteiger partial charge in [0.2, 0.25) is 11.8 Å². The summed E-state index contributed by atoms with van der Waals surface area (Å²) in [5.41, 5.74) is 5.56. The molecule has 0 saturated heterocycles. The van der Waals surface area contributed by atoms with Gasteiger partial charge in [0, 0.05) is 18.7 Å². The van der Waals surface area contributed by atoms with Crippen molar-refractivity contribution in [3.63, 3.8) is 0 Å². The lowest BCUT2D eigenvalue weighted by atomic mass is 10.2. The molecule has 0 atom stereocenters. The Bertz CT molecular complexity index is 449. The average Bonchev–Trinajstić information content (AvgIpc) is 2.44. The highest BCUT2D eigenvalue weighted by Crippen LogP contribution is 2.12. The van der Waals surface area contributed by atoms with Crippen molar-refractivity contribution >= 4 is 11.8 Å². The monoisotopic (exact) mass is 279 g/mol. The van der Waals surface area contributed by atoms with Crippen LogP contribution in [0.1, 0.15) is 23.7 Å². The van der Waals surface area contributed by atoms with Gasteiger partial charge in [-0.3, -0.25) is 9.59 Å². The number of primary amides is 1. The second-order valence-electron chi connectivity index (χ2n) is 4.19. The summed E-state index contributed by atoms with van der Waals surface area (Å²) in [7, 11) is 0. The van der Waals surface area contributed by atoms with E-state index < -0.39 is 5.91 Å². The number of hydrogen-bond donors (Lipinski definition) is 3. The van der Waals surface area contributed by atoms with Crippen LogP contribution in [0.4, 0.5) is 0 Å². The third kappa shape index (κ3) is 6.19. The molecule has 0 bridgehead atoms. The van der Waals surface area contributed by atoms with Crippen molar-refractivity contribution in [3.05, 3.63) is 29.8 Å². The van der Waals surface area contributed by atoms with E-state index in [0.717, 1.165) is 13.1 Å². The predicted molar refractivity (Wildman–Crippen MR) is 76.6 cm³/mol. The molecule has 0 aliphatic heterocycles. The zero-order valence-electron chi connectivity index (χ0n) is 11.6. The van der Waals surface area contributed by atoms with E-state index in [9.17, 15) is 9.59 Å². The molecular formula is C14H21N3O3. The minimum atomic E-state index is -0.503. The lowest BCUT2D eigenvalue weighted by Crippen LogP contribution is -2.32. The van der Waals surface area contributed by atoms with Crippen molar-refractivity contribution in [2.45, 2.75) is 13.3 Å². The minimum Gasteiger partial charge on any atom is -0.493 e. The molecule has 2 amide bonds. The zero-order chi connectivity index (χ0) is 14.8. The van der Waals surface area contributed by atoms with E-state index in [0.29, 0.717) is 17.9 Å². The molecule has 1 aromatic carbocycles. The van der Waals surface area contributed by atoms with E-state index >= 15 is 0 Å². The van der Waals surface area contributed by atoms with Crippen LogP contribution in [0.15, 0.2) is 24.3 Å². The van der Waals surface area contributed by atoms with Crippen LogP contribution in [0.25, 0.3) is 0 Å². The lowest BCUT2D eigenvalue weighted by Gasteiger charge is -2.08. The summed E-state index contributed by atoms with van der Waals surface area (Å²) in [6.45, 7) is 4.51. The molecule has 0 fully saturated rings. The topological polar surface area (TPSA) is 93.4 Å². The normalized spacial score (nSPS) is 10.1. The Morgan fingerprint density at radius 2 is 2.10 bits per heavy atom. The minimum absolute atomic E-state index is 0.0611. The molecule has 1 aromatic rings. The second kappa shape index (κ2) is 8.92. The number of amides is 2. The standard InChI is InChI=1S/C14H21N3O3/c1-2-16-7-8-17-13(18)6-9-20-12-5-3-4-11(10-12)14(15)19/h3-5,10,16H,2,6-9H2,1H3,(H2,15,19)(H,17,18). The van der Waals surface area contributed by atoms with Crippen LogP contribution in [-0.4, -0.2) is 38.1 Å². The quantitative estimate of drug-likeness (QED) is 0.566. The summed E-state index contributed by atoms with van der Waals surface area (Å²) < 4.78 is 5.41. The van der Waals surface area contributed by atoms with Crippen LogP contribution in [-0.2, 0) is 4.79 Å². The maximum Gasteiger partial charge on any atom is 0.248 e. The van der Waals surface area contributed by atoms with Gasteiger partial charge in [-0.25, -0.2) is 0 Å².